The Hall–Kier alpha value is -7.94. The van der Waals surface area contributed by atoms with Crippen LogP contribution in [0.2, 0.25) is 0 Å². The van der Waals surface area contributed by atoms with Crippen LogP contribution in [0.15, 0.2) is 231 Å². The zero-order valence-corrected chi connectivity index (χ0v) is 35.3. The number of hydrogen-bond acceptors (Lipinski definition) is 1. The highest BCUT2D eigenvalue weighted by Crippen LogP contribution is 2.52. The van der Waals surface area contributed by atoms with Crippen LogP contribution in [0.1, 0.15) is 25.0 Å². The fraction of sp³-hybridized carbons (Fsp3) is 0.0492. The molecule has 0 aliphatic heterocycles. The largest absolute Gasteiger partial charge is 0.310 e. The number of rotatable bonds is 7. The molecule has 0 saturated carbocycles. The first-order valence-electron chi connectivity index (χ1n) is 21.9. The van der Waals surface area contributed by atoms with Crippen molar-refractivity contribution in [2.45, 2.75) is 19.3 Å². The maximum Gasteiger partial charge on any atom is 0.0640 e. The Kier molecular flexibility index (Phi) is 8.55. The molecular formula is C61H44N2. The van der Waals surface area contributed by atoms with E-state index in [1.54, 1.807) is 0 Å². The van der Waals surface area contributed by atoms with Gasteiger partial charge in [-0.2, -0.15) is 0 Å². The SMILES string of the molecule is CC1(C)c2ccccc2-c2ccc(N(c3ccc(-c4ccccc4)cc3)c3cc4ccccc4c4c3c3ccc(-c5ccc(-c6ccccc6)cc5)cc3n4-c3ccccc3)cc21. The molecular weight excluding hydrogens is 761 g/mol. The second kappa shape index (κ2) is 14.6. The number of anilines is 3. The van der Waals surface area contributed by atoms with Gasteiger partial charge in [-0.3, -0.25) is 0 Å². The second-order valence-electron chi connectivity index (χ2n) is 17.3. The summed E-state index contributed by atoms with van der Waals surface area (Å²) in [4.78, 5) is 2.51. The Bertz CT molecular complexity index is 3490. The van der Waals surface area contributed by atoms with Gasteiger partial charge in [0.05, 0.1) is 16.7 Å². The zero-order valence-electron chi connectivity index (χ0n) is 35.3. The van der Waals surface area contributed by atoms with Gasteiger partial charge in [0.15, 0.2) is 0 Å². The molecule has 0 atom stereocenters. The van der Waals surface area contributed by atoms with Gasteiger partial charge in [-0.15, -0.1) is 0 Å². The van der Waals surface area contributed by atoms with E-state index in [2.05, 4.69) is 254 Å². The molecule has 0 amide bonds. The van der Waals surface area contributed by atoms with Gasteiger partial charge in [-0.05, 0) is 110 Å². The average molecular weight is 805 g/mol. The van der Waals surface area contributed by atoms with Gasteiger partial charge in [0, 0.05) is 38.6 Å². The third-order valence-electron chi connectivity index (χ3n) is 13.4. The third kappa shape index (κ3) is 6.02. The number of nitrogens with zero attached hydrogens (tertiary/aromatic N) is 2. The van der Waals surface area contributed by atoms with E-state index in [1.165, 1.54) is 88.2 Å². The van der Waals surface area contributed by atoms with E-state index < -0.39 is 0 Å². The monoisotopic (exact) mass is 804 g/mol. The van der Waals surface area contributed by atoms with Gasteiger partial charge in [0.25, 0.3) is 0 Å². The van der Waals surface area contributed by atoms with Crippen LogP contribution in [0.3, 0.4) is 0 Å². The van der Waals surface area contributed by atoms with Gasteiger partial charge in [0.1, 0.15) is 0 Å². The first-order chi connectivity index (χ1) is 31.0. The molecule has 1 heterocycles. The summed E-state index contributed by atoms with van der Waals surface area (Å²) in [6.07, 6.45) is 0. The summed E-state index contributed by atoms with van der Waals surface area (Å²) in [5, 5.41) is 4.83. The van der Waals surface area contributed by atoms with E-state index in [4.69, 9.17) is 0 Å². The van der Waals surface area contributed by atoms with Crippen molar-refractivity contribution < 1.29 is 0 Å². The van der Waals surface area contributed by atoms with Crippen molar-refractivity contribution in [1.82, 2.24) is 4.57 Å². The Morgan fingerprint density at radius 3 is 1.60 bits per heavy atom. The van der Waals surface area contributed by atoms with Crippen LogP contribution < -0.4 is 4.90 Å². The van der Waals surface area contributed by atoms with Gasteiger partial charge in [-0.1, -0.05) is 196 Å². The minimum absolute atomic E-state index is 0.150. The van der Waals surface area contributed by atoms with E-state index in [0.29, 0.717) is 0 Å². The van der Waals surface area contributed by atoms with Crippen molar-refractivity contribution in [3.05, 3.63) is 242 Å². The summed E-state index contributed by atoms with van der Waals surface area (Å²) >= 11 is 0. The number of hydrogen-bond donors (Lipinski definition) is 0. The summed E-state index contributed by atoms with van der Waals surface area (Å²) in [7, 11) is 0. The fourth-order valence-corrected chi connectivity index (χ4v) is 10.2. The summed E-state index contributed by atoms with van der Waals surface area (Å²) in [5.74, 6) is 0. The van der Waals surface area contributed by atoms with E-state index in [0.717, 1.165) is 22.7 Å². The molecule has 2 nitrogen and oxygen atoms in total. The lowest BCUT2D eigenvalue weighted by atomic mass is 9.82. The van der Waals surface area contributed by atoms with Crippen LogP contribution in [0.4, 0.5) is 17.1 Å². The molecule has 63 heavy (non-hydrogen) atoms. The highest BCUT2D eigenvalue weighted by molar-refractivity contribution is 6.25. The molecule has 0 unspecified atom stereocenters. The van der Waals surface area contributed by atoms with Crippen LogP contribution in [0, 0.1) is 0 Å². The van der Waals surface area contributed by atoms with Crippen LogP contribution in [-0.2, 0) is 5.41 Å². The Balaban J connectivity index is 1.13. The molecule has 11 aromatic rings. The van der Waals surface area contributed by atoms with Gasteiger partial charge < -0.3 is 9.47 Å². The molecule has 1 aromatic heterocycles. The number of benzene rings is 10. The highest BCUT2D eigenvalue weighted by Gasteiger charge is 2.36. The topological polar surface area (TPSA) is 8.17 Å². The van der Waals surface area contributed by atoms with Crippen molar-refractivity contribution in [2.24, 2.45) is 0 Å². The predicted molar refractivity (Wildman–Crippen MR) is 267 cm³/mol. The van der Waals surface area contributed by atoms with Crippen molar-refractivity contribution >= 4 is 49.6 Å². The van der Waals surface area contributed by atoms with Crippen molar-refractivity contribution in [1.29, 1.82) is 0 Å². The van der Waals surface area contributed by atoms with E-state index in [9.17, 15) is 0 Å². The standard InChI is InChI=1S/C61H44N2/c1-61(2)55-25-15-14-24-52(55)53-37-35-50(40-56(53)61)62(49-33-30-44(31-34-49)42-18-8-4-9-19-42)58-39-47-20-12-13-23-51(47)60-59(58)54-36-32-46(38-57(54)63(60)48-21-10-5-11-22-48)45-28-26-43(27-29-45)41-16-6-3-7-17-41/h3-40H,1-2H3. The fourth-order valence-electron chi connectivity index (χ4n) is 10.2. The molecule has 2 heteroatoms. The van der Waals surface area contributed by atoms with E-state index in [1.807, 2.05) is 0 Å². The van der Waals surface area contributed by atoms with Crippen LogP contribution >= 0.6 is 0 Å². The Morgan fingerprint density at radius 2 is 0.905 bits per heavy atom. The van der Waals surface area contributed by atoms with Crippen molar-refractivity contribution in [3.63, 3.8) is 0 Å². The molecule has 298 valence electrons. The molecule has 0 N–H and O–H groups in total. The minimum Gasteiger partial charge on any atom is -0.310 e. The van der Waals surface area contributed by atoms with Gasteiger partial charge in [0.2, 0.25) is 0 Å². The highest BCUT2D eigenvalue weighted by atomic mass is 15.1. The Labute approximate surface area is 368 Å². The summed E-state index contributed by atoms with van der Waals surface area (Å²) in [6, 6.07) is 84.7. The summed E-state index contributed by atoms with van der Waals surface area (Å²) in [6.45, 7) is 4.74. The van der Waals surface area contributed by atoms with E-state index in [-0.39, 0.29) is 5.41 Å². The zero-order chi connectivity index (χ0) is 42.1. The average Bonchev–Trinajstić information content (AvgIpc) is 3.81. The molecule has 0 spiro atoms. The molecule has 12 rings (SSSR count). The molecule has 0 bridgehead atoms. The number of fused-ring (bicyclic) bond motifs is 8. The lowest BCUT2D eigenvalue weighted by Crippen LogP contribution is -2.16. The summed E-state index contributed by atoms with van der Waals surface area (Å²) in [5.41, 5.74) is 19.3. The molecule has 1 aliphatic rings. The normalized spacial score (nSPS) is 12.7. The Morgan fingerprint density at radius 1 is 0.381 bits per heavy atom. The lowest BCUT2D eigenvalue weighted by Gasteiger charge is -2.29. The van der Waals surface area contributed by atoms with Crippen LogP contribution in [0.25, 0.3) is 82.8 Å². The lowest BCUT2D eigenvalue weighted by molar-refractivity contribution is 0.660. The minimum atomic E-state index is -0.150. The smallest absolute Gasteiger partial charge is 0.0640 e. The molecule has 10 aromatic carbocycles. The first kappa shape index (κ1) is 36.9. The maximum absolute atomic E-state index is 2.51. The van der Waals surface area contributed by atoms with Crippen molar-refractivity contribution in [2.75, 3.05) is 4.90 Å². The number of para-hydroxylation sites is 1. The molecule has 0 radical (unpaired) electrons. The third-order valence-corrected chi connectivity index (χ3v) is 13.4. The number of aromatic nitrogens is 1. The quantitative estimate of drug-likeness (QED) is 0.156. The van der Waals surface area contributed by atoms with Crippen LogP contribution in [-0.4, -0.2) is 4.57 Å². The second-order valence-corrected chi connectivity index (χ2v) is 17.3. The van der Waals surface area contributed by atoms with Gasteiger partial charge >= 0.3 is 0 Å². The molecule has 0 fully saturated rings. The molecule has 0 saturated heterocycles. The molecule has 1 aliphatic carbocycles. The summed E-state index contributed by atoms with van der Waals surface area (Å²) < 4.78 is 2.50. The van der Waals surface area contributed by atoms with E-state index >= 15 is 0 Å². The first-order valence-corrected chi connectivity index (χ1v) is 21.9. The van der Waals surface area contributed by atoms with Gasteiger partial charge in [-0.25, -0.2) is 0 Å². The van der Waals surface area contributed by atoms with Crippen molar-refractivity contribution in [3.8, 4) is 50.2 Å². The maximum atomic E-state index is 2.51. The predicted octanol–water partition coefficient (Wildman–Crippen LogP) is 16.7. The van der Waals surface area contributed by atoms with Crippen LogP contribution in [0.5, 0.6) is 0 Å².